The van der Waals surface area contributed by atoms with E-state index in [1.165, 1.54) is 6.92 Å². The van der Waals surface area contributed by atoms with Crippen molar-refractivity contribution < 1.29 is 9.53 Å². The summed E-state index contributed by atoms with van der Waals surface area (Å²) >= 11 is 0. The van der Waals surface area contributed by atoms with Crippen molar-refractivity contribution in [3.8, 4) is 17.6 Å². The van der Waals surface area contributed by atoms with E-state index in [2.05, 4.69) is 6.07 Å². The molecule has 0 aliphatic heterocycles. The number of carbonyl (C=O) groups excluding carboxylic acids is 1. The molecule has 3 nitrogen and oxygen atoms in total. The predicted octanol–water partition coefficient (Wildman–Crippen LogP) is 4.17. The van der Waals surface area contributed by atoms with Crippen molar-refractivity contribution in [3.05, 3.63) is 58.7 Å². The second-order valence-corrected chi connectivity index (χ2v) is 4.73. The number of hydrogen-bond acceptors (Lipinski definition) is 3. The highest BCUT2D eigenvalue weighted by atomic mass is 16.5. The number of ether oxygens (including phenoxy) is 1. The minimum absolute atomic E-state index is 0.0299. The van der Waals surface area contributed by atoms with Crippen LogP contribution >= 0.6 is 0 Å². The third kappa shape index (κ3) is 2.86. The molecule has 0 fully saturated rings. The molecule has 100 valence electrons. The van der Waals surface area contributed by atoms with Crippen LogP contribution in [0.1, 0.15) is 34.0 Å². The molecule has 2 rings (SSSR count). The van der Waals surface area contributed by atoms with Gasteiger partial charge in [0.2, 0.25) is 0 Å². The molecule has 3 heteroatoms. The minimum Gasteiger partial charge on any atom is -0.457 e. The fourth-order valence-electron chi connectivity index (χ4n) is 2.05. The highest BCUT2D eigenvalue weighted by Crippen LogP contribution is 2.29. The van der Waals surface area contributed by atoms with Crippen LogP contribution in [0.3, 0.4) is 0 Å². The number of aryl methyl sites for hydroxylation is 2. The lowest BCUT2D eigenvalue weighted by atomic mass is 10.1. The van der Waals surface area contributed by atoms with Crippen LogP contribution in [-0.4, -0.2) is 5.78 Å². The van der Waals surface area contributed by atoms with E-state index < -0.39 is 0 Å². The van der Waals surface area contributed by atoms with Gasteiger partial charge in [-0.05, 0) is 68.3 Å². The Bertz CT molecular complexity index is 671. The molecule has 0 atom stereocenters. The van der Waals surface area contributed by atoms with Gasteiger partial charge in [0.15, 0.2) is 5.78 Å². The Kier molecular flexibility index (Phi) is 3.86. The van der Waals surface area contributed by atoms with Crippen LogP contribution in [0.15, 0.2) is 36.4 Å². The molecule has 0 aliphatic carbocycles. The maximum absolute atomic E-state index is 11.2. The van der Waals surface area contributed by atoms with E-state index in [4.69, 9.17) is 10.00 Å². The van der Waals surface area contributed by atoms with Crippen LogP contribution in [-0.2, 0) is 0 Å². The normalized spacial score (nSPS) is 9.90. The van der Waals surface area contributed by atoms with Gasteiger partial charge in [0.1, 0.15) is 11.5 Å². The smallest absolute Gasteiger partial charge is 0.159 e. The Morgan fingerprint density at radius 3 is 2.10 bits per heavy atom. The SMILES string of the molecule is CC(=O)c1ccc(Oc2c(C)cc(C#N)cc2C)cc1. The van der Waals surface area contributed by atoms with Gasteiger partial charge in [-0.15, -0.1) is 0 Å². The fraction of sp³-hybridized carbons (Fsp3) is 0.176. The van der Waals surface area contributed by atoms with E-state index in [-0.39, 0.29) is 5.78 Å². The molecule has 0 saturated carbocycles. The molecule has 0 N–H and O–H groups in total. The van der Waals surface area contributed by atoms with Crippen molar-refractivity contribution in [2.45, 2.75) is 20.8 Å². The van der Waals surface area contributed by atoms with Gasteiger partial charge < -0.3 is 4.74 Å². The summed E-state index contributed by atoms with van der Waals surface area (Å²) < 4.78 is 5.85. The number of nitriles is 1. The van der Waals surface area contributed by atoms with Crippen molar-refractivity contribution in [3.63, 3.8) is 0 Å². The second-order valence-electron chi connectivity index (χ2n) is 4.73. The Balaban J connectivity index is 2.31. The summed E-state index contributed by atoms with van der Waals surface area (Å²) in [4.78, 5) is 11.2. The van der Waals surface area contributed by atoms with Crippen LogP contribution in [0.5, 0.6) is 11.5 Å². The first-order valence-electron chi connectivity index (χ1n) is 6.31. The van der Waals surface area contributed by atoms with Gasteiger partial charge in [-0.3, -0.25) is 4.79 Å². The average molecular weight is 265 g/mol. The maximum Gasteiger partial charge on any atom is 0.159 e. The zero-order chi connectivity index (χ0) is 14.7. The highest BCUT2D eigenvalue weighted by Gasteiger charge is 2.08. The van der Waals surface area contributed by atoms with Crippen molar-refractivity contribution in [2.75, 3.05) is 0 Å². The topological polar surface area (TPSA) is 50.1 Å². The summed E-state index contributed by atoms with van der Waals surface area (Å²) in [5, 5.41) is 8.93. The Hall–Kier alpha value is -2.60. The van der Waals surface area contributed by atoms with Crippen LogP contribution in [0.4, 0.5) is 0 Å². The van der Waals surface area contributed by atoms with Crippen molar-refractivity contribution in [1.29, 1.82) is 5.26 Å². The number of rotatable bonds is 3. The van der Waals surface area contributed by atoms with Gasteiger partial charge >= 0.3 is 0 Å². The lowest BCUT2D eigenvalue weighted by Crippen LogP contribution is -1.94. The number of Topliss-reactive ketones (excluding diaryl/α,β-unsaturated/α-hetero) is 1. The van der Waals surface area contributed by atoms with E-state index in [0.717, 1.165) is 16.9 Å². The quantitative estimate of drug-likeness (QED) is 0.782. The molecule has 0 spiro atoms. The molecule has 0 amide bonds. The first-order chi connectivity index (χ1) is 9.51. The molecule has 0 unspecified atom stereocenters. The van der Waals surface area contributed by atoms with Gasteiger partial charge in [0, 0.05) is 5.56 Å². The molecule has 0 bridgehead atoms. The average Bonchev–Trinajstić information content (AvgIpc) is 2.43. The monoisotopic (exact) mass is 265 g/mol. The van der Waals surface area contributed by atoms with Crippen molar-refractivity contribution >= 4 is 5.78 Å². The molecule has 2 aromatic rings. The summed E-state index contributed by atoms with van der Waals surface area (Å²) in [6.45, 7) is 5.35. The third-order valence-electron chi connectivity index (χ3n) is 3.07. The molecule has 20 heavy (non-hydrogen) atoms. The third-order valence-corrected chi connectivity index (χ3v) is 3.07. The summed E-state index contributed by atoms with van der Waals surface area (Å²) in [6.07, 6.45) is 0. The van der Waals surface area contributed by atoms with Crippen LogP contribution < -0.4 is 4.74 Å². The summed E-state index contributed by atoms with van der Waals surface area (Å²) in [7, 11) is 0. The van der Waals surface area contributed by atoms with E-state index in [9.17, 15) is 4.79 Å². The zero-order valence-electron chi connectivity index (χ0n) is 11.7. The highest BCUT2D eigenvalue weighted by molar-refractivity contribution is 5.94. The van der Waals surface area contributed by atoms with Gasteiger partial charge in [0.25, 0.3) is 0 Å². The molecule has 2 aromatic carbocycles. The lowest BCUT2D eigenvalue weighted by Gasteiger charge is -2.12. The van der Waals surface area contributed by atoms with Crippen LogP contribution in [0.2, 0.25) is 0 Å². The minimum atomic E-state index is 0.0299. The molecule has 0 aliphatic rings. The number of benzene rings is 2. The molecular weight excluding hydrogens is 250 g/mol. The molecule has 0 saturated heterocycles. The number of hydrogen-bond donors (Lipinski definition) is 0. The van der Waals surface area contributed by atoms with E-state index in [1.807, 2.05) is 13.8 Å². The Morgan fingerprint density at radius 1 is 1.10 bits per heavy atom. The van der Waals surface area contributed by atoms with Gasteiger partial charge in [-0.25, -0.2) is 0 Å². The summed E-state index contributed by atoms with van der Waals surface area (Å²) in [5.74, 6) is 1.45. The first kappa shape index (κ1) is 13.8. The van der Waals surface area contributed by atoms with Gasteiger partial charge in [0.05, 0.1) is 11.6 Å². The zero-order valence-corrected chi connectivity index (χ0v) is 11.7. The lowest BCUT2D eigenvalue weighted by molar-refractivity contribution is 0.101. The van der Waals surface area contributed by atoms with Crippen molar-refractivity contribution in [2.24, 2.45) is 0 Å². The number of nitrogens with zero attached hydrogens (tertiary/aromatic N) is 1. The molecular formula is C17H15NO2. The molecule has 0 aromatic heterocycles. The van der Waals surface area contributed by atoms with Crippen LogP contribution in [0.25, 0.3) is 0 Å². The van der Waals surface area contributed by atoms with E-state index >= 15 is 0 Å². The van der Waals surface area contributed by atoms with Crippen LogP contribution in [0, 0.1) is 25.2 Å². The Labute approximate surface area is 118 Å². The fourth-order valence-corrected chi connectivity index (χ4v) is 2.05. The van der Waals surface area contributed by atoms with E-state index in [0.29, 0.717) is 16.9 Å². The summed E-state index contributed by atoms with van der Waals surface area (Å²) in [5.41, 5.74) is 3.11. The second kappa shape index (κ2) is 5.58. The predicted molar refractivity (Wildman–Crippen MR) is 77.2 cm³/mol. The first-order valence-corrected chi connectivity index (χ1v) is 6.31. The maximum atomic E-state index is 11.2. The largest absolute Gasteiger partial charge is 0.457 e. The number of carbonyl (C=O) groups is 1. The Morgan fingerprint density at radius 2 is 1.65 bits per heavy atom. The molecule has 0 radical (unpaired) electrons. The summed E-state index contributed by atoms with van der Waals surface area (Å²) in [6, 6.07) is 12.7. The standard InChI is InChI=1S/C17H15NO2/c1-11-8-14(10-18)9-12(2)17(11)20-16-6-4-15(5-7-16)13(3)19/h4-9H,1-3H3. The van der Waals surface area contributed by atoms with Gasteiger partial charge in [-0.2, -0.15) is 5.26 Å². The number of ketones is 1. The van der Waals surface area contributed by atoms with Crippen molar-refractivity contribution in [1.82, 2.24) is 0 Å². The van der Waals surface area contributed by atoms with Gasteiger partial charge in [-0.1, -0.05) is 0 Å². The van der Waals surface area contributed by atoms with E-state index in [1.54, 1.807) is 36.4 Å². The molecule has 0 heterocycles.